The summed E-state index contributed by atoms with van der Waals surface area (Å²) in [5.74, 6) is -0.407. The topological polar surface area (TPSA) is 64.7 Å². The van der Waals surface area contributed by atoms with E-state index in [-0.39, 0.29) is 0 Å². The fraction of sp³-hybridized carbons (Fsp3) is 0.750. The van der Waals surface area contributed by atoms with Gasteiger partial charge in [0, 0.05) is 5.70 Å². The molecule has 20 heavy (non-hydrogen) atoms. The van der Waals surface area contributed by atoms with Gasteiger partial charge in [0.05, 0.1) is 5.71 Å². The first kappa shape index (κ1) is 16.7. The second-order valence-electron chi connectivity index (χ2n) is 5.53. The van der Waals surface area contributed by atoms with E-state index in [2.05, 4.69) is 16.9 Å². The third-order valence-corrected chi connectivity index (χ3v) is 3.70. The Labute approximate surface area is 122 Å². The second kappa shape index (κ2) is 9.56. The quantitative estimate of drug-likeness (QED) is 0.373. The summed E-state index contributed by atoms with van der Waals surface area (Å²) in [5, 5.41) is 3.64. The summed E-state index contributed by atoms with van der Waals surface area (Å²) in [5.41, 5.74) is 7.65. The Hall–Kier alpha value is -1.32. The molecule has 0 atom stereocenters. The smallest absolute Gasteiger partial charge is 0.369 e. The Kier molecular flexibility index (Phi) is 8.00. The number of oxime groups is 1. The van der Waals surface area contributed by atoms with Gasteiger partial charge in [-0.15, -0.1) is 0 Å². The van der Waals surface area contributed by atoms with Crippen molar-refractivity contribution < 1.29 is 9.63 Å². The summed E-state index contributed by atoms with van der Waals surface area (Å²) in [4.78, 5) is 16.0. The molecule has 1 rings (SSSR count). The summed E-state index contributed by atoms with van der Waals surface area (Å²) in [6.07, 6.45) is 12.3. The van der Waals surface area contributed by atoms with Crippen LogP contribution in [0.2, 0.25) is 0 Å². The summed E-state index contributed by atoms with van der Waals surface area (Å²) < 4.78 is 0. The number of rotatable bonds is 10. The molecule has 0 amide bonds. The molecule has 1 aliphatic rings. The van der Waals surface area contributed by atoms with Gasteiger partial charge in [-0.1, -0.05) is 63.4 Å². The molecule has 0 aliphatic carbocycles. The van der Waals surface area contributed by atoms with Gasteiger partial charge >= 0.3 is 5.97 Å². The Bertz CT molecular complexity index is 373. The maximum Gasteiger partial charge on any atom is 0.369 e. The monoisotopic (exact) mass is 280 g/mol. The molecule has 0 aromatic carbocycles. The van der Waals surface area contributed by atoms with Crippen molar-refractivity contribution in [3.05, 3.63) is 11.3 Å². The summed E-state index contributed by atoms with van der Waals surface area (Å²) >= 11 is 0. The van der Waals surface area contributed by atoms with Crippen molar-refractivity contribution in [1.82, 2.24) is 0 Å². The highest BCUT2D eigenvalue weighted by Gasteiger charge is 2.24. The lowest BCUT2D eigenvalue weighted by Crippen LogP contribution is -2.12. The lowest BCUT2D eigenvalue weighted by atomic mass is 10.0. The number of unbranched alkanes of at least 4 members (excludes halogenated alkanes) is 8. The van der Waals surface area contributed by atoms with Crippen LogP contribution in [0.15, 0.2) is 16.4 Å². The summed E-state index contributed by atoms with van der Waals surface area (Å²) in [6.45, 7) is 3.99. The molecule has 0 aromatic heterocycles. The third-order valence-electron chi connectivity index (χ3n) is 3.70. The molecule has 2 N–H and O–H groups in total. The minimum atomic E-state index is -0.407. The van der Waals surface area contributed by atoms with Crippen molar-refractivity contribution >= 4 is 11.7 Å². The number of hydrogen-bond donors (Lipinski definition) is 1. The van der Waals surface area contributed by atoms with Crippen LogP contribution < -0.4 is 5.73 Å². The SMILES string of the molecule is CCCCCCCCCCCC(N)=C1C(=O)ON=C1C. The van der Waals surface area contributed by atoms with E-state index in [0.29, 0.717) is 17.0 Å². The van der Waals surface area contributed by atoms with Gasteiger partial charge in [-0.05, 0) is 19.8 Å². The standard InChI is InChI=1S/C16H28N2O2/c1-3-4-5-6-7-8-9-10-11-12-14(17)15-13(2)18-20-16(15)19/h3-12,17H2,1-2H3. The highest BCUT2D eigenvalue weighted by atomic mass is 16.7. The van der Waals surface area contributed by atoms with Crippen molar-refractivity contribution in [3.63, 3.8) is 0 Å². The normalized spacial score (nSPS) is 17.1. The highest BCUT2D eigenvalue weighted by Crippen LogP contribution is 2.17. The molecule has 0 spiro atoms. The van der Waals surface area contributed by atoms with Crippen LogP contribution in [-0.4, -0.2) is 11.7 Å². The van der Waals surface area contributed by atoms with Crippen LogP contribution in [0.4, 0.5) is 0 Å². The fourth-order valence-electron chi connectivity index (χ4n) is 2.46. The Balaban J connectivity index is 2.08. The van der Waals surface area contributed by atoms with Crippen LogP contribution in [0, 0.1) is 0 Å². The average molecular weight is 280 g/mol. The fourth-order valence-corrected chi connectivity index (χ4v) is 2.46. The van der Waals surface area contributed by atoms with E-state index < -0.39 is 5.97 Å². The molecule has 0 radical (unpaired) electrons. The van der Waals surface area contributed by atoms with Crippen LogP contribution in [-0.2, 0) is 9.63 Å². The Morgan fingerprint density at radius 3 is 2.10 bits per heavy atom. The molecule has 114 valence electrons. The number of allylic oxidation sites excluding steroid dienone is 1. The number of nitrogens with zero attached hydrogens (tertiary/aromatic N) is 1. The summed E-state index contributed by atoms with van der Waals surface area (Å²) in [7, 11) is 0. The maximum atomic E-state index is 11.4. The molecule has 1 aliphatic heterocycles. The van der Waals surface area contributed by atoms with Gasteiger partial charge in [0.25, 0.3) is 0 Å². The molecule has 4 nitrogen and oxygen atoms in total. The van der Waals surface area contributed by atoms with E-state index in [1.165, 1.54) is 51.4 Å². The van der Waals surface area contributed by atoms with Crippen molar-refractivity contribution in [3.8, 4) is 0 Å². The largest absolute Gasteiger partial charge is 0.401 e. The molecule has 0 saturated carbocycles. The van der Waals surface area contributed by atoms with E-state index in [1.54, 1.807) is 6.92 Å². The third kappa shape index (κ3) is 5.76. The van der Waals surface area contributed by atoms with Crippen LogP contribution in [0.3, 0.4) is 0 Å². The van der Waals surface area contributed by atoms with Gasteiger partial charge in [-0.3, -0.25) is 0 Å². The molecular weight excluding hydrogens is 252 g/mol. The van der Waals surface area contributed by atoms with Crippen LogP contribution >= 0.6 is 0 Å². The van der Waals surface area contributed by atoms with Crippen LogP contribution in [0.1, 0.15) is 78.1 Å². The van der Waals surface area contributed by atoms with E-state index in [0.717, 1.165) is 12.8 Å². The summed E-state index contributed by atoms with van der Waals surface area (Å²) in [6, 6.07) is 0. The molecule has 1 heterocycles. The molecule has 0 unspecified atom stereocenters. The van der Waals surface area contributed by atoms with Crippen molar-refractivity contribution in [2.45, 2.75) is 78.1 Å². The predicted octanol–water partition coefficient (Wildman–Crippen LogP) is 4.05. The average Bonchev–Trinajstić information content (AvgIpc) is 2.76. The number of carbonyl (C=O) groups is 1. The zero-order chi connectivity index (χ0) is 14.8. The van der Waals surface area contributed by atoms with Crippen LogP contribution in [0.25, 0.3) is 0 Å². The van der Waals surface area contributed by atoms with Crippen molar-refractivity contribution in [2.75, 3.05) is 0 Å². The van der Waals surface area contributed by atoms with Crippen molar-refractivity contribution in [1.29, 1.82) is 0 Å². The van der Waals surface area contributed by atoms with Gasteiger partial charge in [-0.25, -0.2) is 4.79 Å². The Morgan fingerprint density at radius 1 is 1.05 bits per heavy atom. The predicted molar refractivity (Wildman–Crippen MR) is 82.3 cm³/mol. The maximum absolute atomic E-state index is 11.4. The lowest BCUT2D eigenvalue weighted by Gasteiger charge is -2.04. The first-order chi connectivity index (χ1) is 9.66. The van der Waals surface area contributed by atoms with Crippen molar-refractivity contribution in [2.24, 2.45) is 10.9 Å². The minimum Gasteiger partial charge on any atom is -0.401 e. The van der Waals surface area contributed by atoms with E-state index in [9.17, 15) is 4.79 Å². The minimum absolute atomic E-state index is 0.407. The molecule has 0 aromatic rings. The van der Waals surface area contributed by atoms with Gasteiger partial charge in [0.15, 0.2) is 0 Å². The van der Waals surface area contributed by atoms with Gasteiger partial charge < -0.3 is 10.6 Å². The second-order valence-corrected chi connectivity index (χ2v) is 5.53. The van der Waals surface area contributed by atoms with Gasteiger partial charge in [0.2, 0.25) is 0 Å². The van der Waals surface area contributed by atoms with Crippen LogP contribution in [0.5, 0.6) is 0 Å². The number of nitrogens with two attached hydrogens (primary N) is 1. The first-order valence-electron chi connectivity index (χ1n) is 7.91. The van der Waals surface area contributed by atoms with Gasteiger partial charge in [-0.2, -0.15) is 0 Å². The zero-order valence-corrected chi connectivity index (χ0v) is 12.9. The molecule has 4 heteroatoms. The molecule has 0 bridgehead atoms. The number of carbonyl (C=O) groups excluding carboxylic acids is 1. The zero-order valence-electron chi connectivity index (χ0n) is 12.9. The van der Waals surface area contributed by atoms with E-state index >= 15 is 0 Å². The molecule has 0 fully saturated rings. The molecular formula is C16H28N2O2. The van der Waals surface area contributed by atoms with E-state index in [4.69, 9.17) is 5.73 Å². The van der Waals surface area contributed by atoms with Gasteiger partial charge in [0.1, 0.15) is 5.57 Å². The first-order valence-corrected chi connectivity index (χ1v) is 7.91. The van der Waals surface area contributed by atoms with E-state index in [1.807, 2.05) is 0 Å². The number of hydrogen-bond acceptors (Lipinski definition) is 4. The molecule has 0 saturated heterocycles. The lowest BCUT2D eigenvalue weighted by molar-refractivity contribution is -0.136. The Morgan fingerprint density at radius 2 is 1.60 bits per heavy atom. The highest BCUT2D eigenvalue weighted by molar-refractivity contribution is 6.21.